The largest absolute Gasteiger partial charge is 0.393 e. The first kappa shape index (κ1) is 3.49. The van der Waals surface area contributed by atoms with Crippen molar-refractivity contribution in [1.82, 2.24) is 10.6 Å². The Hall–Kier alpha value is -0.700. The first-order valence-electron chi connectivity index (χ1n) is 1.58. The molecule has 6 heavy (non-hydrogen) atoms. The van der Waals surface area contributed by atoms with E-state index in [1.165, 1.54) is 11.4 Å². The standard InChI is InChI=1S/C3H5N2O/c1-5-4-2-3-6-5/h2-4H,1H2. The molecular weight excluding hydrogens is 80.0 g/mol. The summed E-state index contributed by atoms with van der Waals surface area (Å²) >= 11 is 0. The van der Waals surface area contributed by atoms with Crippen LogP contribution in [-0.4, -0.2) is 5.17 Å². The molecule has 0 unspecified atom stereocenters. The Morgan fingerprint density at radius 2 is 2.67 bits per heavy atom. The molecule has 0 bridgehead atoms. The first-order chi connectivity index (χ1) is 2.89. The monoisotopic (exact) mass is 85.0 g/mol. The maximum atomic E-state index is 4.58. The van der Waals surface area contributed by atoms with E-state index in [-0.39, 0.29) is 0 Å². The van der Waals surface area contributed by atoms with Crippen LogP contribution in [0, 0.1) is 7.05 Å². The lowest BCUT2D eigenvalue weighted by molar-refractivity contribution is -0.0680. The summed E-state index contributed by atoms with van der Waals surface area (Å²) in [5.41, 5.74) is 2.64. The highest BCUT2D eigenvalue weighted by Gasteiger charge is 1.93. The molecule has 0 atom stereocenters. The molecule has 1 N–H and O–H groups in total. The van der Waals surface area contributed by atoms with Gasteiger partial charge < -0.3 is 4.84 Å². The van der Waals surface area contributed by atoms with Crippen molar-refractivity contribution < 1.29 is 4.84 Å². The van der Waals surface area contributed by atoms with E-state index in [1.54, 1.807) is 6.20 Å². The van der Waals surface area contributed by atoms with Gasteiger partial charge in [-0.1, -0.05) is 5.17 Å². The second kappa shape index (κ2) is 1.18. The molecule has 3 heteroatoms. The third kappa shape index (κ3) is 0.440. The van der Waals surface area contributed by atoms with E-state index in [4.69, 9.17) is 0 Å². The summed E-state index contributed by atoms with van der Waals surface area (Å²) in [6.45, 7) is 0. The summed E-state index contributed by atoms with van der Waals surface area (Å²) in [5.74, 6) is 0. The van der Waals surface area contributed by atoms with Crippen LogP contribution in [0.25, 0.3) is 0 Å². The molecule has 1 aliphatic heterocycles. The Bertz CT molecular complexity index is 63.2. The van der Waals surface area contributed by atoms with Gasteiger partial charge in [-0.25, -0.2) is 0 Å². The van der Waals surface area contributed by atoms with Crippen molar-refractivity contribution in [2.45, 2.75) is 0 Å². The lowest BCUT2D eigenvalue weighted by atomic mass is 11.0. The summed E-state index contributed by atoms with van der Waals surface area (Å²) in [6.07, 6.45) is 3.15. The van der Waals surface area contributed by atoms with E-state index < -0.39 is 0 Å². The van der Waals surface area contributed by atoms with Crippen LogP contribution < -0.4 is 5.43 Å². The zero-order chi connectivity index (χ0) is 4.41. The maximum Gasteiger partial charge on any atom is 0.131 e. The van der Waals surface area contributed by atoms with Crippen LogP contribution >= 0.6 is 0 Å². The second-order valence-corrected chi connectivity index (χ2v) is 0.916. The zero-order valence-electron chi connectivity index (χ0n) is 3.22. The third-order valence-corrected chi connectivity index (χ3v) is 0.475. The molecular formula is C3H5N2O. The van der Waals surface area contributed by atoms with Gasteiger partial charge in [-0.3, -0.25) is 5.43 Å². The minimum atomic E-state index is 1.25. The molecule has 0 aliphatic carbocycles. The van der Waals surface area contributed by atoms with Gasteiger partial charge in [-0.05, 0) is 0 Å². The van der Waals surface area contributed by atoms with Crippen molar-refractivity contribution in [3.8, 4) is 0 Å². The molecule has 1 heterocycles. The Morgan fingerprint density at radius 3 is 2.83 bits per heavy atom. The predicted octanol–water partition coefficient (Wildman–Crippen LogP) is 0.000990. The fraction of sp³-hybridized carbons (Fsp3) is 0. The molecule has 0 amide bonds. The molecule has 0 aromatic carbocycles. The van der Waals surface area contributed by atoms with Crippen LogP contribution in [0.1, 0.15) is 0 Å². The van der Waals surface area contributed by atoms with E-state index in [0.29, 0.717) is 0 Å². The predicted molar refractivity (Wildman–Crippen MR) is 20.6 cm³/mol. The molecule has 0 aromatic rings. The molecule has 1 radical (unpaired) electrons. The van der Waals surface area contributed by atoms with Gasteiger partial charge >= 0.3 is 0 Å². The van der Waals surface area contributed by atoms with Gasteiger partial charge in [-0.15, -0.1) is 0 Å². The average Bonchev–Trinajstić information content (AvgIpc) is 1.86. The van der Waals surface area contributed by atoms with Gasteiger partial charge in [0.1, 0.15) is 6.26 Å². The summed E-state index contributed by atoms with van der Waals surface area (Å²) < 4.78 is 0. The molecule has 1 rings (SSSR count). The number of hydrazine groups is 1. The molecule has 0 fully saturated rings. The number of hydroxylamine groups is 1. The Morgan fingerprint density at radius 1 is 1.83 bits per heavy atom. The first-order valence-corrected chi connectivity index (χ1v) is 1.58. The van der Waals surface area contributed by atoms with Gasteiger partial charge in [0.2, 0.25) is 0 Å². The number of nitrogens with zero attached hydrogens (tertiary/aromatic N) is 1. The van der Waals surface area contributed by atoms with Crippen LogP contribution in [0.4, 0.5) is 0 Å². The highest BCUT2D eigenvalue weighted by molar-refractivity contribution is 4.71. The third-order valence-electron chi connectivity index (χ3n) is 0.475. The van der Waals surface area contributed by atoms with Crippen LogP contribution in [0.2, 0.25) is 0 Å². The highest BCUT2D eigenvalue weighted by atomic mass is 16.7. The SMILES string of the molecule is [CH2]N1NC=CO1. The normalized spacial score (nSPS) is 20.2. The summed E-state index contributed by atoms with van der Waals surface area (Å²) in [7, 11) is 3.38. The maximum absolute atomic E-state index is 4.58. The molecule has 0 spiro atoms. The fourth-order valence-electron chi connectivity index (χ4n) is 0.248. The highest BCUT2D eigenvalue weighted by Crippen LogP contribution is 1.88. The zero-order valence-corrected chi connectivity index (χ0v) is 3.22. The minimum Gasteiger partial charge on any atom is -0.393 e. The van der Waals surface area contributed by atoms with Crippen LogP contribution in [-0.2, 0) is 4.84 Å². The van der Waals surface area contributed by atoms with E-state index in [1.807, 2.05) is 0 Å². The summed E-state index contributed by atoms with van der Waals surface area (Å²) in [5, 5.41) is 1.25. The molecule has 3 nitrogen and oxygen atoms in total. The number of nitrogens with one attached hydrogen (secondary N) is 1. The Kier molecular flexibility index (Phi) is 0.686. The fourth-order valence-corrected chi connectivity index (χ4v) is 0.248. The Balaban J connectivity index is 2.32. The summed E-state index contributed by atoms with van der Waals surface area (Å²) in [6, 6.07) is 0. The van der Waals surface area contributed by atoms with Crippen molar-refractivity contribution in [1.29, 1.82) is 0 Å². The van der Waals surface area contributed by atoms with E-state index >= 15 is 0 Å². The van der Waals surface area contributed by atoms with Crippen molar-refractivity contribution in [3.05, 3.63) is 19.5 Å². The number of hydrogen-bond acceptors (Lipinski definition) is 3. The quantitative estimate of drug-likeness (QED) is 0.448. The van der Waals surface area contributed by atoms with Crippen LogP contribution in [0.3, 0.4) is 0 Å². The van der Waals surface area contributed by atoms with Crippen LogP contribution in [0.15, 0.2) is 12.5 Å². The van der Waals surface area contributed by atoms with Crippen LogP contribution in [0.5, 0.6) is 0 Å². The number of rotatable bonds is 0. The lowest BCUT2D eigenvalue weighted by Gasteiger charge is -2.03. The molecule has 0 aromatic heterocycles. The molecule has 33 valence electrons. The number of hydrogen-bond donors (Lipinski definition) is 1. The van der Waals surface area contributed by atoms with E-state index in [9.17, 15) is 0 Å². The Labute approximate surface area is 36.1 Å². The molecule has 0 saturated heterocycles. The van der Waals surface area contributed by atoms with Gasteiger partial charge in [-0.2, -0.15) is 0 Å². The lowest BCUT2D eigenvalue weighted by Crippen LogP contribution is -2.19. The smallest absolute Gasteiger partial charge is 0.131 e. The van der Waals surface area contributed by atoms with E-state index in [0.717, 1.165) is 0 Å². The van der Waals surface area contributed by atoms with Gasteiger partial charge in [0.15, 0.2) is 0 Å². The van der Waals surface area contributed by atoms with Crippen molar-refractivity contribution in [2.75, 3.05) is 0 Å². The van der Waals surface area contributed by atoms with Crippen molar-refractivity contribution in [3.63, 3.8) is 0 Å². The molecule has 1 aliphatic rings. The van der Waals surface area contributed by atoms with Gasteiger partial charge in [0, 0.05) is 0 Å². The van der Waals surface area contributed by atoms with Crippen molar-refractivity contribution in [2.24, 2.45) is 0 Å². The summed E-state index contributed by atoms with van der Waals surface area (Å²) in [4.78, 5) is 4.58. The van der Waals surface area contributed by atoms with Gasteiger partial charge in [0.25, 0.3) is 0 Å². The topological polar surface area (TPSA) is 24.5 Å². The minimum absolute atomic E-state index is 1.25. The molecule has 0 saturated carbocycles. The van der Waals surface area contributed by atoms with Gasteiger partial charge in [0.05, 0.1) is 13.2 Å². The average molecular weight is 85.1 g/mol. The van der Waals surface area contributed by atoms with E-state index in [2.05, 4.69) is 17.3 Å². The second-order valence-electron chi connectivity index (χ2n) is 0.916. The van der Waals surface area contributed by atoms with Crippen molar-refractivity contribution >= 4 is 0 Å².